The van der Waals surface area contributed by atoms with Gasteiger partial charge in [-0.15, -0.1) is 10.2 Å². The summed E-state index contributed by atoms with van der Waals surface area (Å²) in [5.41, 5.74) is 1.04. The molecule has 0 fully saturated rings. The number of hydrogen-bond donors (Lipinski definition) is 0. The molecule has 3 rings (SSSR count). The molecule has 12 heteroatoms. The van der Waals surface area contributed by atoms with Crippen LogP contribution in [0.25, 0.3) is 5.69 Å². The fraction of sp³-hybridized carbons (Fsp3) is 0.455. The van der Waals surface area contributed by atoms with E-state index in [-0.39, 0.29) is 18.2 Å². The van der Waals surface area contributed by atoms with Gasteiger partial charge in [0.15, 0.2) is 21.5 Å². The van der Waals surface area contributed by atoms with Gasteiger partial charge in [0.05, 0.1) is 44.7 Å². The second-order valence-corrected chi connectivity index (χ2v) is 9.95. The van der Waals surface area contributed by atoms with E-state index in [4.69, 9.17) is 18.9 Å². The standard InChI is InChI=1S/C22H29N5O6S/c1-14(16-10-24-21(33-6)11-23-16)15(2)34(28,29)13-20-26-25-19(12-30-3)27(20)22-17(31-4)8-7-9-18(22)32-5/h7-11,14-15H,12-13H2,1-6H3/t14-,15-/m0/s1. The molecule has 0 aliphatic carbocycles. The van der Waals surface area contributed by atoms with Crippen LogP contribution in [0.15, 0.2) is 30.6 Å². The van der Waals surface area contributed by atoms with Crippen LogP contribution >= 0.6 is 0 Å². The summed E-state index contributed by atoms with van der Waals surface area (Å²) in [6.07, 6.45) is 2.99. The van der Waals surface area contributed by atoms with E-state index in [1.807, 2.05) is 0 Å². The Kier molecular flexibility index (Phi) is 8.05. The molecule has 11 nitrogen and oxygen atoms in total. The van der Waals surface area contributed by atoms with Crippen molar-refractivity contribution in [1.29, 1.82) is 0 Å². The minimum Gasteiger partial charge on any atom is -0.494 e. The predicted molar refractivity (Wildman–Crippen MR) is 124 cm³/mol. The van der Waals surface area contributed by atoms with Gasteiger partial charge in [-0.1, -0.05) is 13.0 Å². The molecule has 1 aromatic carbocycles. The highest BCUT2D eigenvalue weighted by Gasteiger charge is 2.32. The highest BCUT2D eigenvalue weighted by molar-refractivity contribution is 7.91. The average Bonchev–Trinajstić information content (AvgIpc) is 3.23. The van der Waals surface area contributed by atoms with Crippen molar-refractivity contribution in [2.24, 2.45) is 0 Å². The number of hydrogen-bond acceptors (Lipinski definition) is 10. The maximum atomic E-state index is 13.4. The maximum Gasteiger partial charge on any atom is 0.231 e. The normalized spacial score (nSPS) is 13.4. The van der Waals surface area contributed by atoms with E-state index in [0.29, 0.717) is 34.6 Å². The zero-order valence-electron chi connectivity index (χ0n) is 20.0. The zero-order chi connectivity index (χ0) is 24.9. The number of benzene rings is 1. The van der Waals surface area contributed by atoms with Gasteiger partial charge >= 0.3 is 0 Å². The van der Waals surface area contributed by atoms with Crippen molar-refractivity contribution < 1.29 is 27.4 Å². The van der Waals surface area contributed by atoms with Crippen molar-refractivity contribution in [3.05, 3.63) is 47.9 Å². The first-order valence-corrected chi connectivity index (χ1v) is 12.2. The summed E-state index contributed by atoms with van der Waals surface area (Å²) in [5, 5.41) is 7.58. The maximum absolute atomic E-state index is 13.4. The van der Waals surface area contributed by atoms with Gasteiger partial charge in [0, 0.05) is 13.0 Å². The van der Waals surface area contributed by atoms with E-state index in [1.165, 1.54) is 40.8 Å². The van der Waals surface area contributed by atoms with Crippen LogP contribution in [0.5, 0.6) is 17.4 Å². The van der Waals surface area contributed by atoms with Crippen molar-refractivity contribution in [1.82, 2.24) is 24.7 Å². The number of rotatable bonds is 11. The Morgan fingerprint density at radius 1 is 0.912 bits per heavy atom. The van der Waals surface area contributed by atoms with Gasteiger partial charge in [-0.2, -0.15) is 0 Å². The third-order valence-electron chi connectivity index (χ3n) is 5.62. The van der Waals surface area contributed by atoms with Gasteiger partial charge < -0.3 is 18.9 Å². The average molecular weight is 492 g/mol. The third-order valence-corrected chi connectivity index (χ3v) is 7.82. The summed E-state index contributed by atoms with van der Waals surface area (Å²) in [6, 6.07) is 5.27. The van der Waals surface area contributed by atoms with Crippen molar-refractivity contribution >= 4 is 9.84 Å². The van der Waals surface area contributed by atoms with Gasteiger partial charge in [-0.05, 0) is 19.1 Å². The molecule has 0 saturated heterocycles. The van der Waals surface area contributed by atoms with E-state index in [1.54, 1.807) is 36.6 Å². The fourth-order valence-electron chi connectivity index (χ4n) is 3.51. The van der Waals surface area contributed by atoms with E-state index in [2.05, 4.69) is 20.2 Å². The van der Waals surface area contributed by atoms with Gasteiger partial charge in [0.25, 0.3) is 0 Å². The first-order valence-electron chi connectivity index (χ1n) is 10.5. The lowest BCUT2D eigenvalue weighted by Crippen LogP contribution is -2.27. The van der Waals surface area contributed by atoms with Crippen LogP contribution in [-0.2, 0) is 26.9 Å². The lowest BCUT2D eigenvalue weighted by molar-refractivity contribution is 0.176. The Bertz CT molecular complexity index is 1190. The molecule has 0 aliphatic heterocycles. The molecular formula is C22H29N5O6S. The minimum atomic E-state index is -3.69. The van der Waals surface area contributed by atoms with Gasteiger partial charge in [0.2, 0.25) is 5.88 Å². The van der Waals surface area contributed by atoms with Crippen LogP contribution in [-0.4, -0.2) is 66.8 Å². The van der Waals surface area contributed by atoms with Crippen LogP contribution in [0.1, 0.15) is 37.1 Å². The quantitative estimate of drug-likeness (QED) is 0.394. The van der Waals surface area contributed by atoms with Crippen molar-refractivity contribution in [3.63, 3.8) is 0 Å². The molecule has 2 atom stereocenters. The molecule has 0 amide bonds. The summed E-state index contributed by atoms with van der Waals surface area (Å²) in [4.78, 5) is 8.43. The highest BCUT2D eigenvalue weighted by atomic mass is 32.2. The van der Waals surface area contributed by atoms with Gasteiger partial charge in [-0.25, -0.2) is 13.4 Å². The van der Waals surface area contributed by atoms with Gasteiger partial charge in [0.1, 0.15) is 29.5 Å². The predicted octanol–water partition coefficient (Wildman–Crippen LogP) is 2.34. The van der Waals surface area contributed by atoms with Crippen LogP contribution in [0.2, 0.25) is 0 Å². The zero-order valence-corrected chi connectivity index (χ0v) is 20.9. The van der Waals surface area contributed by atoms with Crippen molar-refractivity contribution in [2.75, 3.05) is 28.4 Å². The first kappa shape index (κ1) is 25.4. The Hall–Kier alpha value is -3.25. The van der Waals surface area contributed by atoms with Gasteiger partial charge in [-0.3, -0.25) is 9.55 Å². The second kappa shape index (κ2) is 10.8. The second-order valence-electron chi connectivity index (χ2n) is 7.60. The molecule has 184 valence electrons. The van der Waals surface area contributed by atoms with Crippen LogP contribution < -0.4 is 14.2 Å². The summed E-state index contributed by atoms with van der Waals surface area (Å²) in [7, 11) is 2.37. The van der Waals surface area contributed by atoms with E-state index in [9.17, 15) is 8.42 Å². The number of nitrogens with zero attached hydrogens (tertiary/aromatic N) is 5. The van der Waals surface area contributed by atoms with E-state index >= 15 is 0 Å². The van der Waals surface area contributed by atoms with Crippen LogP contribution in [0.3, 0.4) is 0 Å². The molecule has 0 aliphatic rings. The molecule has 3 aromatic rings. The van der Waals surface area contributed by atoms with Crippen LogP contribution in [0, 0.1) is 0 Å². The molecule has 0 spiro atoms. The number of aromatic nitrogens is 5. The Morgan fingerprint density at radius 2 is 1.56 bits per heavy atom. The molecular weight excluding hydrogens is 462 g/mol. The fourth-order valence-corrected chi connectivity index (χ4v) is 5.08. The molecule has 0 N–H and O–H groups in total. The summed E-state index contributed by atoms with van der Waals surface area (Å²) in [6.45, 7) is 3.55. The topological polar surface area (TPSA) is 128 Å². The smallest absolute Gasteiger partial charge is 0.231 e. The largest absolute Gasteiger partial charge is 0.494 e. The summed E-state index contributed by atoms with van der Waals surface area (Å²) >= 11 is 0. The Labute approximate surface area is 199 Å². The number of methoxy groups -OCH3 is 4. The van der Waals surface area contributed by atoms with Crippen molar-refractivity contribution in [2.45, 2.75) is 37.4 Å². The number of sulfone groups is 1. The lowest BCUT2D eigenvalue weighted by atomic mass is 10.1. The Balaban J connectivity index is 2.01. The van der Waals surface area contributed by atoms with E-state index < -0.39 is 21.0 Å². The SMILES string of the molecule is COCc1nnc(CS(=O)(=O)[C@@H](C)[C@H](C)c2cnc(OC)cn2)n1-c1c(OC)cccc1OC. The molecule has 0 radical (unpaired) electrons. The lowest BCUT2D eigenvalue weighted by Gasteiger charge is -2.21. The number of para-hydroxylation sites is 1. The Morgan fingerprint density at radius 3 is 2.09 bits per heavy atom. The third kappa shape index (κ3) is 5.12. The molecule has 0 saturated carbocycles. The monoisotopic (exact) mass is 491 g/mol. The summed E-state index contributed by atoms with van der Waals surface area (Å²) < 4.78 is 49.8. The molecule has 2 aromatic heterocycles. The number of ether oxygens (including phenoxy) is 4. The summed E-state index contributed by atoms with van der Waals surface area (Å²) in [5.74, 6) is 1.16. The highest BCUT2D eigenvalue weighted by Crippen LogP contribution is 2.35. The molecule has 0 unspecified atom stereocenters. The molecule has 0 bridgehead atoms. The van der Waals surface area contributed by atoms with Crippen LogP contribution in [0.4, 0.5) is 0 Å². The molecule has 34 heavy (non-hydrogen) atoms. The first-order chi connectivity index (χ1) is 16.3. The van der Waals surface area contributed by atoms with Crippen molar-refractivity contribution in [3.8, 4) is 23.1 Å². The minimum absolute atomic E-state index is 0.113. The molecule has 2 heterocycles. The van der Waals surface area contributed by atoms with E-state index in [0.717, 1.165) is 0 Å².